The second kappa shape index (κ2) is 11.1. The van der Waals surface area contributed by atoms with Crippen LogP contribution >= 0.6 is 23.4 Å². The number of benzene rings is 3. The van der Waals surface area contributed by atoms with Crippen molar-refractivity contribution in [2.45, 2.75) is 24.0 Å². The molecule has 0 spiro atoms. The van der Waals surface area contributed by atoms with Crippen LogP contribution in [0.5, 0.6) is 0 Å². The van der Waals surface area contributed by atoms with Gasteiger partial charge in [-0.3, -0.25) is 9.78 Å². The third-order valence-electron chi connectivity index (χ3n) is 6.26. The lowest BCUT2D eigenvalue weighted by molar-refractivity contribution is 0.597. The van der Waals surface area contributed by atoms with Crippen LogP contribution in [0.1, 0.15) is 28.4 Å². The molecule has 1 N–H and O–H groups in total. The number of pyridine rings is 2. The van der Waals surface area contributed by atoms with Crippen molar-refractivity contribution < 1.29 is 0 Å². The fourth-order valence-electron chi connectivity index (χ4n) is 4.42. The minimum atomic E-state index is -0.0818. The van der Waals surface area contributed by atoms with Gasteiger partial charge in [-0.25, -0.2) is 0 Å². The molecular weight excluding hydrogens is 486 g/mol. The highest BCUT2D eigenvalue weighted by Crippen LogP contribution is 2.25. The van der Waals surface area contributed by atoms with Crippen LogP contribution in [0.4, 0.5) is 0 Å². The molecule has 0 radical (unpaired) electrons. The Morgan fingerprint density at radius 1 is 0.917 bits per heavy atom. The van der Waals surface area contributed by atoms with Crippen molar-refractivity contribution in [3.8, 4) is 0 Å². The van der Waals surface area contributed by atoms with Gasteiger partial charge in [0.05, 0.1) is 23.8 Å². The van der Waals surface area contributed by atoms with Crippen molar-refractivity contribution in [2.24, 2.45) is 0 Å². The molecule has 36 heavy (non-hydrogen) atoms. The Balaban J connectivity index is 1.54. The molecule has 0 saturated carbocycles. The molecule has 0 aliphatic carbocycles. The summed E-state index contributed by atoms with van der Waals surface area (Å²) in [6.07, 6.45) is 3.80. The van der Waals surface area contributed by atoms with Crippen LogP contribution in [-0.4, -0.2) is 15.8 Å². The maximum atomic E-state index is 13.8. The molecule has 4 nitrogen and oxygen atoms in total. The minimum Gasteiger partial charge on any atom is -0.302 e. The van der Waals surface area contributed by atoms with E-state index < -0.39 is 0 Å². The van der Waals surface area contributed by atoms with E-state index in [1.54, 1.807) is 18.0 Å². The van der Waals surface area contributed by atoms with Gasteiger partial charge in [0.1, 0.15) is 0 Å². The lowest BCUT2D eigenvalue weighted by atomic mass is 9.98. The number of hydrogen-bond acceptors (Lipinski definition) is 4. The highest BCUT2D eigenvalue weighted by atomic mass is 35.5. The molecule has 6 heteroatoms. The second-order valence-electron chi connectivity index (χ2n) is 8.58. The van der Waals surface area contributed by atoms with Crippen LogP contribution in [-0.2, 0) is 13.1 Å². The summed E-state index contributed by atoms with van der Waals surface area (Å²) in [5.74, 6) is 0. The first-order valence-corrected chi connectivity index (χ1v) is 13.4. The first-order valence-electron chi connectivity index (χ1n) is 11.8. The van der Waals surface area contributed by atoms with E-state index in [2.05, 4.69) is 40.6 Å². The van der Waals surface area contributed by atoms with E-state index in [-0.39, 0.29) is 11.6 Å². The van der Waals surface area contributed by atoms with E-state index in [1.807, 2.05) is 77.6 Å². The molecule has 0 unspecified atom stereocenters. The molecule has 3 aromatic carbocycles. The van der Waals surface area contributed by atoms with Crippen molar-refractivity contribution in [1.82, 2.24) is 14.9 Å². The van der Waals surface area contributed by atoms with Crippen molar-refractivity contribution >= 4 is 34.3 Å². The number of rotatable bonds is 8. The van der Waals surface area contributed by atoms with E-state index in [0.717, 1.165) is 32.6 Å². The number of halogens is 1. The van der Waals surface area contributed by atoms with Gasteiger partial charge in [0.2, 0.25) is 0 Å². The highest BCUT2D eigenvalue weighted by Gasteiger charge is 2.16. The van der Waals surface area contributed by atoms with E-state index >= 15 is 0 Å². The Labute approximate surface area is 220 Å². The summed E-state index contributed by atoms with van der Waals surface area (Å²) in [4.78, 5) is 19.4. The van der Waals surface area contributed by atoms with Crippen LogP contribution in [0.15, 0.2) is 113 Å². The number of aromatic nitrogens is 2. The van der Waals surface area contributed by atoms with Gasteiger partial charge < -0.3 is 9.88 Å². The molecule has 180 valence electrons. The number of hydrogen-bond donors (Lipinski definition) is 1. The number of fused-ring (bicyclic) bond motifs is 1. The van der Waals surface area contributed by atoms with Gasteiger partial charge in [0.25, 0.3) is 5.56 Å². The average Bonchev–Trinajstić information content (AvgIpc) is 2.92. The van der Waals surface area contributed by atoms with E-state index in [0.29, 0.717) is 23.7 Å². The summed E-state index contributed by atoms with van der Waals surface area (Å²) < 4.78 is 1.84. The maximum absolute atomic E-state index is 13.8. The molecule has 1 atom stereocenters. The van der Waals surface area contributed by atoms with Gasteiger partial charge in [-0.05, 0) is 65.2 Å². The van der Waals surface area contributed by atoms with E-state index in [4.69, 9.17) is 11.6 Å². The fourth-order valence-corrected chi connectivity index (χ4v) is 4.98. The molecule has 2 heterocycles. The Morgan fingerprint density at radius 2 is 1.67 bits per heavy atom. The van der Waals surface area contributed by atoms with Crippen LogP contribution in [0.25, 0.3) is 10.9 Å². The summed E-state index contributed by atoms with van der Waals surface area (Å²) in [6.45, 7) is 0.838. The lowest BCUT2D eigenvalue weighted by Gasteiger charge is -2.21. The van der Waals surface area contributed by atoms with Crippen LogP contribution in [0.3, 0.4) is 0 Å². The van der Waals surface area contributed by atoms with E-state index in [9.17, 15) is 4.79 Å². The summed E-state index contributed by atoms with van der Waals surface area (Å²) >= 11 is 7.81. The van der Waals surface area contributed by atoms with Crippen molar-refractivity contribution in [1.29, 1.82) is 0 Å². The second-order valence-corrected chi connectivity index (χ2v) is 9.90. The Bertz CT molecular complexity index is 1520. The quantitative estimate of drug-likeness (QED) is 0.235. The predicted molar refractivity (Wildman–Crippen MR) is 150 cm³/mol. The van der Waals surface area contributed by atoms with Gasteiger partial charge >= 0.3 is 0 Å². The van der Waals surface area contributed by atoms with Gasteiger partial charge in [-0.1, -0.05) is 66.2 Å². The molecular formula is C30H26ClN3OS. The monoisotopic (exact) mass is 511 g/mol. The summed E-state index contributed by atoms with van der Waals surface area (Å²) in [5, 5.41) is 5.36. The molecule has 0 aliphatic rings. The standard InChI is InChI=1S/C30H26ClN3OS/c1-36-27-15-12-23-17-24(30(35)34(28(23)18-27)20-26-9-5-6-16-32-26)19-33-29(21-7-3-2-4-8-21)22-10-13-25(31)14-11-22/h2-18,29,33H,19-20H2,1H3/t29-/m1/s1. The van der Waals surface area contributed by atoms with Gasteiger partial charge in [0, 0.05) is 28.2 Å². The molecule has 0 saturated heterocycles. The first-order chi connectivity index (χ1) is 17.6. The maximum Gasteiger partial charge on any atom is 0.255 e. The zero-order valence-electron chi connectivity index (χ0n) is 19.9. The molecule has 0 aliphatic heterocycles. The molecule has 0 fully saturated rings. The van der Waals surface area contributed by atoms with Gasteiger partial charge in [-0.2, -0.15) is 0 Å². The minimum absolute atomic E-state index is 0.0122. The summed E-state index contributed by atoms with van der Waals surface area (Å²) in [5.41, 5.74) is 4.68. The Hall–Kier alpha value is -3.38. The third-order valence-corrected chi connectivity index (χ3v) is 7.23. The topological polar surface area (TPSA) is 46.9 Å². The number of thioether (sulfide) groups is 1. The lowest BCUT2D eigenvalue weighted by Crippen LogP contribution is -2.30. The third kappa shape index (κ3) is 5.39. The van der Waals surface area contributed by atoms with E-state index in [1.165, 1.54) is 0 Å². The molecule has 5 aromatic rings. The predicted octanol–water partition coefficient (Wildman–Crippen LogP) is 6.70. The molecule has 5 rings (SSSR count). The molecule has 2 aromatic heterocycles. The van der Waals surface area contributed by atoms with Gasteiger partial charge in [-0.15, -0.1) is 11.8 Å². The Kier molecular flexibility index (Phi) is 7.52. The summed E-state index contributed by atoms with van der Waals surface area (Å²) in [7, 11) is 0. The molecule has 0 amide bonds. The van der Waals surface area contributed by atoms with Crippen LogP contribution in [0, 0.1) is 0 Å². The molecule has 0 bridgehead atoms. The largest absolute Gasteiger partial charge is 0.302 e. The fraction of sp³-hybridized carbons (Fsp3) is 0.133. The number of nitrogens with zero attached hydrogens (tertiary/aromatic N) is 2. The van der Waals surface area contributed by atoms with Crippen molar-refractivity contribution in [2.75, 3.05) is 6.26 Å². The normalized spacial score (nSPS) is 12.1. The summed E-state index contributed by atoms with van der Waals surface area (Å²) in [6, 6.07) is 32.1. The average molecular weight is 512 g/mol. The van der Waals surface area contributed by atoms with Crippen molar-refractivity contribution in [3.05, 3.63) is 141 Å². The zero-order valence-corrected chi connectivity index (χ0v) is 21.5. The van der Waals surface area contributed by atoms with Crippen LogP contribution < -0.4 is 10.9 Å². The van der Waals surface area contributed by atoms with Crippen LogP contribution in [0.2, 0.25) is 5.02 Å². The van der Waals surface area contributed by atoms with Gasteiger partial charge in [0.15, 0.2) is 0 Å². The van der Waals surface area contributed by atoms with Crippen molar-refractivity contribution in [3.63, 3.8) is 0 Å². The Morgan fingerprint density at radius 3 is 2.39 bits per heavy atom. The first kappa shape index (κ1) is 24.3. The SMILES string of the molecule is CSc1ccc2cc(CN[C@H](c3ccccc3)c3ccc(Cl)cc3)c(=O)n(Cc3ccccn3)c2c1. The number of nitrogens with one attached hydrogen (secondary N) is 1. The highest BCUT2D eigenvalue weighted by molar-refractivity contribution is 7.98. The zero-order chi connectivity index (χ0) is 24.9. The smallest absolute Gasteiger partial charge is 0.255 e.